The van der Waals surface area contributed by atoms with Crippen molar-refractivity contribution in [2.45, 2.75) is 5.60 Å². The van der Waals surface area contributed by atoms with Gasteiger partial charge in [0.25, 0.3) is 0 Å². The van der Waals surface area contributed by atoms with E-state index in [1.54, 1.807) is 0 Å². The lowest BCUT2D eigenvalue weighted by atomic mass is 10.2. The Hall–Kier alpha value is -0.810. The molecule has 5 nitrogen and oxygen atoms in total. The Morgan fingerprint density at radius 3 is 2.47 bits per heavy atom. The van der Waals surface area contributed by atoms with Crippen LogP contribution < -0.4 is 0 Å². The molecule has 1 aliphatic rings. The van der Waals surface area contributed by atoms with E-state index in [0.717, 1.165) is 18.0 Å². The predicted octanol–water partition coefficient (Wildman–Crippen LogP) is 0.298. The number of hydrogen-bond acceptors (Lipinski definition) is 4. The van der Waals surface area contributed by atoms with Crippen molar-refractivity contribution in [2.75, 3.05) is 39.4 Å². The van der Waals surface area contributed by atoms with Gasteiger partial charge in [0.05, 0.1) is 20.3 Å². The average Bonchev–Trinajstić information content (AvgIpc) is 2.25. The summed E-state index contributed by atoms with van der Waals surface area (Å²) < 4.78 is 9.68. The van der Waals surface area contributed by atoms with Gasteiger partial charge in [-0.2, -0.15) is 0 Å². The summed E-state index contributed by atoms with van der Waals surface area (Å²) in [6.07, 6.45) is -0.856. The van der Waals surface area contributed by atoms with Gasteiger partial charge in [0.2, 0.25) is 0 Å². The van der Waals surface area contributed by atoms with E-state index in [2.05, 4.69) is 9.64 Å². The second-order valence-corrected chi connectivity index (χ2v) is 3.87. The highest BCUT2D eigenvalue weighted by molar-refractivity contribution is 5.68. The number of rotatable bonds is 4. The molecule has 0 spiro atoms. The summed E-state index contributed by atoms with van der Waals surface area (Å²) in [5.41, 5.74) is -2.01. The zero-order valence-corrected chi connectivity index (χ0v) is 9.67. The molecule has 0 bridgehead atoms. The zero-order chi connectivity index (χ0) is 12.9. The van der Waals surface area contributed by atoms with Crippen molar-refractivity contribution in [1.29, 1.82) is 0 Å². The summed E-state index contributed by atoms with van der Waals surface area (Å²) in [4.78, 5) is 14.3. The first-order chi connectivity index (χ1) is 7.88. The molecule has 0 saturated carbocycles. The van der Waals surface area contributed by atoms with Gasteiger partial charge in [0.15, 0.2) is 0 Å². The molecule has 8 radical (unpaired) electrons. The highest BCUT2D eigenvalue weighted by Crippen LogP contribution is 2.08. The number of hydrogen-bond donors (Lipinski definition) is 0. The molecule has 0 N–H and O–H groups in total. The van der Waals surface area contributed by atoms with Gasteiger partial charge in [-0.05, 0) is 0 Å². The third-order valence-electron chi connectivity index (χ3n) is 2.26. The molecular formula is C12H16N2O3. The molecule has 1 heterocycles. The van der Waals surface area contributed by atoms with E-state index >= 15 is 0 Å². The maximum absolute atomic E-state index is 11.3. The van der Waals surface area contributed by atoms with E-state index in [1.165, 1.54) is 0 Å². The Morgan fingerprint density at radius 2 is 1.94 bits per heavy atom. The minimum atomic E-state index is -2.01. The van der Waals surface area contributed by atoms with Gasteiger partial charge in [-0.3, -0.25) is 9.80 Å². The van der Waals surface area contributed by atoms with Crippen LogP contribution in [-0.4, -0.2) is 60.9 Å². The first kappa shape index (κ1) is 14.3. The molecule has 0 aliphatic carbocycles. The quantitative estimate of drug-likeness (QED) is 0.658. The fourth-order valence-electron chi connectivity index (χ4n) is 1.38. The standard InChI is InChI=1S/C12H16N2O3/c1-12(2,3)17-11(15)13(4)5-6-14-7-9-16-10-8-14/h1-4H,5-10H2. The molecular weight excluding hydrogens is 220 g/mol. The normalized spacial score (nSPS) is 17.9. The van der Waals surface area contributed by atoms with Gasteiger partial charge in [0.1, 0.15) is 5.60 Å². The van der Waals surface area contributed by atoms with E-state index in [0.29, 0.717) is 26.3 Å². The van der Waals surface area contributed by atoms with Crippen molar-refractivity contribution in [3.8, 4) is 0 Å². The van der Waals surface area contributed by atoms with E-state index in [-0.39, 0.29) is 0 Å². The monoisotopic (exact) mass is 236 g/mol. The molecule has 1 fully saturated rings. The van der Waals surface area contributed by atoms with Gasteiger partial charge in [0, 0.05) is 47.0 Å². The first-order valence-electron chi connectivity index (χ1n) is 5.30. The number of ether oxygens (including phenoxy) is 2. The van der Waals surface area contributed by atoms with Crippen LogP contribution in [0.4, 0.5) is 4.79 Å². The fourth-order valence-corrected chi connectivity index (χ4v) is 1.38. The Bertz CT molecular complexity index is 245. The lowest BCUT2D eigenvalue weighted by Crippen LogP contribution is -2.42. The van der Waals surface area contributed by atoms with Crippen LogP contribution in [0.1, 0.15) is 0 Å². The van der Waals surface area contributed by atoms with Crippen molar-refractivity contribution >= 4 is 6.09 Å². The van der Waals surface area contributed by atoms with Crippen molar-refractivity contribution in [3.63, 3.8) is 0 Å². The number of carbonyl (C=O) groups is 1. The molecule has 92 valence electrons. The van der Waals surface area contributed by atoms with E-state index in [4.69, 9.17) is 32.6 Å². The molecule has 0 unspecified atom stereocenters. The highest BCUT2D eigenvalue weighted by Gasteiger charge is 2.21. The molecule has 0 atom stereocenters. The van der Waals surface area contributed by atoms with Crippen LogP contribution in [0, 0.1) is 27.8 Å². The second kappa shape index (κ2) is 6.21. The Balaban J connectivity index is 2.23. The van der Waals surface area contributed by atoms with Crippen LogP contribution >= 0.6 is 0 Å². The molecule has 0 aromatic rings. The fraction of sp³-hybridized carbons (Fsp3) is 0.583. The minimum absolute atomic E-state index is 0.301. The van der Waals surface area contributed by atoms with Gasteiger partial charge < -0.3 is 9.47 Å². The highest BCUT2D eigenvalue weighted by atomic mass is 16.6. The third kappa shape index (κ3) is 5.89. The molecule has 1 amide bonds. The molecule has 0 aromatic carbocycles. The average molecular weight is 236 g/mol. The number of carbonyl (C=O) groups excluding carboxylic acids is 1. The summed E-state index contributed by atoms with van der Waals surface area (Å²) in [5.74, 6) is 0. The molecule has 5 heteroatoms. The van der Waals surface area contributed by atoms with E-state index in [9.17, 15) is 4.79 Å². The van der Waals surface area contributed by atoms with Gasteiger partial charge in [-0.1, -0.05) is 0 Å². The van der Waals surface area contributed by atoms with Crippen molar-refractivity contribution < 1.29 is 14.3 Å². The van der Waals surface area contributed by atoms with Crippen LogP contribution in [0.25, 0.3) is 0 Å². The summed E-state index contributed by atoms with van der Waals surface area (Å²) in [5, 5.41) is 0. The smallest absolute Gasteiger partial charge is 0.410 e. The minimum Gasteiger partial charge on any atom is -0.442 e. The van der Waals surface area contributed by atoms with Crippen molar-refractivity contribution in [2.24, 2.45) is 0 Å². The Kier molecular flexibility index (Phi) is 5.21. The van der Waals surface area contributed by atoms with E-state index < -0.39 is 11.7 Å². The predicted molar refractivity (Wildman–Crippen MR) is 60.4 cm³/mol. The van der Waals surface area contributed by atoms with Crippen LogP contribution in [0.3, 0.4) is 0 Å². The maximum atomic E-state index is 11.3. The molecule has 17 heavy (non-hydrogen) atoms. The second-order valence-electron chi connectivity index (χ2n) is 3.87. The first-order valence-corrected chi connectivity index (χ1v) is 5.30. The summed E-state index contributed by atoms with van der Waals surface area (Å²) in [6.45, 7) is 19.3. The molecule has 0 aromatic heterocycles. The zero-order valence-electron chi connectivity index (χ0n) is 9.67. The van der Waals surface area contributed by atoms with Gasteiger partial charge >= 0.3 is 6.09 Å². The number of nitrogens with zero attached hydrogens (tertiary/aromatic N) is 2. The Morgan fingerprint density at radius 1 is 1.35 bits per heavy atom. The SMILES string of the molecule is [CH]N(CCN1CCOCC1)C(=O)OC([CH])([CH])[CH]. The summed E-state index contributed by atoms with van der Waals surface area (Å²) in [7, 11) is 5.48. The lowest BCUT2D eigenvalue weighted by molar-refractivity contribution is 0.0321. The van der Waals surface area contributed by atoms with Crippen molar-refractivity contribution in [1.82, 2.24) is 9.80 Å². The van der Waals surface area contributed by atoms with Crippen molar-refractivity contribution in [3.05, 3.63) is 27.8 Å². The van der Waals surface area contributed by atoms with Crippen LogP contribution in [0.2, 0.25) is 0 Å². The van der Waals surface area contributed by atoms with Crippen LogP contribution in [-0.2, 0) is 9.47 Å². The van der Waals surface area contributed by atoms with Gasteiger partial charge in [-0.25, -0.2) is 4.79 Å². The van der Waals surface area contributed by atoms with Crippen LogP contribution in [0.15, 0.2) is 0 Å². The largest absolute Gasteiger partial charge is 0.442 e. The lowest BCUT2D eigenvalue weighted by Gasteiger charge is -2.29. The van der Waals surface area contributed by atoms with Gasteiger partial charge in [-0.15, -0.1) is 0 Å². The number of morpholine rings is 1. The van der Waals surface area contributed by atoms with E-state index in [1.807, 2.05) is 0 Å². The summed E-state index contributed by atoms with van der Waals surface area (Å²) >= 11 is 0. The van der Waals surface area contributed by atoms with Crippen LogP contribution in [0.5, 0.6) is 0 Å². The third-order valence-corrected chi connectivity index (χ3v) is 2.26. The Labute approximate surface area is 104 Å². The number of amides is 1. The molecule has 1 rings (SSSR count). The topological polar surface area (TPSA) is 42.0 Å². The molecule has 1 saturated heterocycles. The summed E-state index contributed by atoms with van der Waals surface area (Å²) in [6, 6.07) is 0. The molecule has 1 aliphatic heterocycles. The maximum Gasteiger partial charge on any atom is 0.410 e.